The second-order valence-corrected chi connectivity index (χ2v) is 1.88. The van der Waals surface area contributed by atoms with E-state index in [-0.39, 0.29) is 31.0 Å². The van der Waals surface area contributed by atoms with Crippen LogP contribution >= 0.6 is 0 Å². The molecule has 0 aliphatic rings. The fraction of sp³-hybridized carbons (Fsp3) is 0.571. The Bertz CT molecular complexity index is 115. The van der Waals surface area contributed by atoms with Gasteiger partial charge in [-0.05, 0) is 6.42 Å². The van der Waals surface area contributed by atoms with Crippen molar-refractivity contribution < 1.29 is 40.9 Å². The topological polar surface area (TPSA) is 37.3 Å². The van der Waals surface area contributed by atoms with Gasteiger partial charge in [-0.2, -0.15) is 0 Å². The summed E-state index contributed by atoms with van der Waals surface area (Å²) in [5, 5.41) is 8.13. The summed E-state index contributed by atoms with van der Waals surface area (Å²) < 4.78 is 0. The molecule has 0 fully saturated rings. The number of unbranched alkanes of at least 4 members (excludes halogenated alkanes) is 2. The van der Waals surface area contributed by atoms with Crippen molar-refractivity contribution in [3.8, 4) is 0 Å². The van der Waals surface area contributed by atoms with E-state index in [1.807, 2.05) is 0 Å². The minimum atomic E-state index is -0.855. The summed E-state index contributed by atoms with van der Waals surface area (Å²) in [4.78, 5) is 9.88. The first kappa shape index (κ1) is 12.8. The van der Waals surface area contributed by atoms with Gasteiger partial charge in [0.2, 0.25) is 0 Å². The molecular formula is C7H13NaO2. The van der Waals surface area contributed by atoms with E-state index in [0.29, 0.717) is 0 Å². The van der Waals surface area contributed by atoms with Gasteiger partial charge in [-0.3, -0.25) is 0 Å². The zero-order valence-electron chi connectivity index (χ0n) is 7.63. The molecule has 1 N–H and O–H groups in total. The van der Waals surface area contributed by atoms with Crippen molar-refractivity contribution in [2.45, 2.75) is 26.2 Å². The smallest absolute Gasteiger partial charge is 1.00 e. The number of hydrogen-bond donors (Lipinski definition) is 1. The Morgan fingerprint density at radius 3 is 2.70 bits per heavy atom. The molecule has 0 aromatic carbocycles. The van der Waals surface area contributed by atoms with Crippen LogP contribution in [0.25, 0.3) is 0 Å². The van der Waals surface area contributed by atoms with Gasteiger partial charge in [0.15, 0.2) is 0 Å². The predicted octanol–water partition coefficient (Wildman–Crippen LogP) is -1.07. The van der Waals surface area contributed by atoms with Crippen LogP contribution in [-0.4, -0.2) is 11.1 Å². The Balaban J connectivity index is -0.000000320. The molecule has 0 radical (unpaired) electrons. The molecule has 3 heteroatoms. The molecule has 54 valence electrons. The monoisotopic (exact) mass is 152 g/mol. The number of hydrogen-bond acceptors (Lipinski definition) is 1. The maximum atomic E-state index is 9.88. The third-order valence-electron chi connectivity index (χ3n) is 0.985. The number of rotatable bonds is 4. The Morgan fingerprint density at radius 2 is 2.30 bits per heavy atom. The molecule has 0 unspecified atom stereocenters. The van der Waals surface area contributed by atoms with Crippen LogP contribution in [-0.2, 0) is 4.79 Å². The Hall–Kier alpha value is 0.210. The molecule has 0 bridgehead atoms. The quantitative estimate of drug-likeness (QED) is 0.316. The van der Waals surface area contributed by atoms with Crippen LogP contribution in [0.15, 0.2) is 12.2 Å². The van der Waals surface area contributed by atoms with E-state index in [0.717, 1.165) is 19.3 Å². The second kappa shape index (κ2) is 9.21. The number of carboxylic acid groups (broad SMARTS) is 1. The normalized spacial score (nSPS) is 9.30. The Morgan fingerprint density at radius 1 is 1.70 bits per heavy atom. The van der Waals surface area contributed by atoms with Gasteiger partial charge in [-0.15, -0.1) is 0 Å². The molecular weight excluding hydrogens is 139 g/mol. The average molecular weight is 152 g/mol. The predicted molar refractivity (Wildman–Crippen MR) is 37.4 cm³/mol. The van der Waals surface area contributed by atoms with Crippen LogP contribution in [0.4, 0.5) is 0 Å². The molecule has 0 aromatic heterocycles. The van der Waals surface area contributed by atoms with E-state index < -0.39 is 5.97 Å². The first-order valence-electron chi connectivity index (χ1n) is 3.17. The maximum absolute atomic E-state index is 9.88. The molecule has 0 spiro atoms. The fourth-order valence-corrected chi connectivity index (χ4v) is 0.506. The third-order valence-corrected chi connectivity index (χ3v) is 0.985. The molecule has 0 saturated carbocycles. The molecule has 0 heterocycles. The number of carboxylic acids is 1. The van der Waals surface area contributed by atoms with Crippen molar-refractivity contribution in [1.29, 1.82) is 0 Å². The van der Waals surface area contributed by atoms with Gasteiger partial charge < -0.3 is 6.53 Å². The van der Waals surface area contributed by atoms with Gasteiger partial charge in [0.25, 0.3) is 0 Å². The van der Waals surface area contributed by atoms with Gasteiger partial charge in [0.1, 0.15) is 0 Å². The van der Waals surface area contributed by atoms with Gasteiger partial charge in [-0.1, -0.05) is 25.8 Å². The van der Waals surface area contributed by atoms with Crippen LogP contribution in [0.5, 0.6) is 0 Å². The summed E-state index contributed by atoms with van der Waals surface area (Å²) in [6.07, 6.45) is 5.94. The van der Waals surface area contributed by atoms with E-state index in [2.05, 4.69) is 6.92 Å². The molecule has 2 nitrogen and oxygen atoms in total. The van der Waals surface area contributed by atoms with Crippen molar-refractivity contribution in [3.63, 3.8) is 0 Å². The molecule has 10 heavy (non-hydrogen) atoms. The number of allylic oxidation sites excluding steroid dienone is 1. The van der Waals surface area contributed by atoms with Crippen LogP contribution in [0.3, 0.4) is 0 Å². The van der Waals surface area contributed by atoms with Crippen molar-refractivity contribution in [1.82, 2.24) is 0 Å². The van der Waals surface area contributed by atoms with Gasteiger partial charge in [0, 0.05) is 6.08 Å². The molecule has 0 saturated heterocycles. The Labute approximate surface area is 85.1 Å². The first-order valence-corrected chi connectivity index (χ1v) is 3.17. The van der Waals surface area contributed by atoms with Crippen molar-refractivity contribution in [2.24, 2.45) is 0 Å². The Kier molecular flexibility index (Phi) is 11.8. The van der Waals surface area contributed by atoms with Crippen molar-refractivity contribution in [3.05, 3.63) is 12.2 Å². The van der Waals surface area contributed by atoms with Crippen molar-refractivity contribution >= 4 is 5.97 Å². The molecule has 0 rings (SSSR count). The minimum Gasteiger partial charge on any atom is -1.00 e. The maximum Gasteiger partial charge on any atom is 1.00 e. The van der Waals surface area contributed by atoms with Gasteiger partial charge in [0.05, 0.1) is 0 Å². The third kappa shape index (κ3) is 11.1. The molecule has 0 aliphatic heterocycles. The number of carbonyl (C=O) groups is 1. The zero-order valence-corrected chi connectivity index (χ0v) is 8.63. The summed E-state index contributed by atoms with van der Waals surface area (Å²) in [5.41, 5.74) is 0. The largest absolute Gasteiger partial charge is 1.00 e. The van der Waals surface area contributed by atoms with Crippen molar-refractivity contribution in [2.75, 3.05) is 0 Å². The van der Waals surface area contributed by atoms with Crippen LogP contribution in [0.2, 0.25) is 0 Å². The summed E-state index contributed by atoms with van der Waals surface area (Å²) >= 11 is 0. The first-order chi connectivity index (χ1) is 4.27. The average Bonchev–Trinajstić information content (AvgIpc) is 1.80. The van der Waals surface area contributed by atoms with Crippen LogP contribution < -0.4 is 29.6 Å². The van der Waals surface area contributed by atoms with E-state index in [9.17, 15) is 4.79 Å². The minimum absolute atomic E-state index is 0. The van der Waals surface area contributed by atoms with E-state index >= 15 is 0 Å². The van der Waals surface area contributed by atoms with E-state index in [1.165, 1.54) is 6.08 Å². The second-order valence-electron chi connectivity index (χ2n) is 1.88. The van der Waals surface area contributed by atoms with E-state index in [1.54, 1.807) is 6.08 Å². The molecule has 0 aliphatic carbocycles. The van der Waals surface area contributed by atoms with Gasteiger partial charge in [-0.25, -0.2) is 4.79 Å². The summed E-state index contributed by atoms with van der Waals surface area (Å²) in [5.74, 6) is -0.855. The van der Waals surface area contributed by atoms with E-state index in [4.69, 9.17) is 5.11 Å². The molecule has 0 aromatic rings. The zero-order chi connectivity index (χ0) is 7.11. The summed E-state index contributed by atoms with van der Waals surface area (Å²) in [7, 11) is 0. The van der Waals surface area contributed by atoms with Crippen LogP contribution in [0, 0.1) is 0 Å². The standard InChI is InChI=1S/C7H12O2.Na.H/c1-2-3-4-5-6-7(8)9;;/h5-6H,2-4H2,1H3,(H,8,9);;/q;+1;-1. The van der Waals surface area contributed by atoms with Gasteiger partial charge >= 0.3 is 35.5 Å². The molecule has 0 atom stereocenters. The SMILES string of the molecule is CCCCC=CC(=O)O.[H-].[Na+]. The molecule has 0 amide bonds. The summed E-state index contributed by atoms with van der Waals surface area (Å²) in [6, 6.07) is 0. The fourth-order valence-electron chi connectivity index (χ4n) is 0.506. The van der Waals surface area contributed by atoms with Crippen LogP contribution in [0.1, 0.15) is 27.6 Å². The number of aliphatic carboxylic acids is 1. The summed E-state index contributed by atoms with van der Waals surface area (Å²) in [6.45, 7) is 2.08.